The third-order valence-corrected chi connectivity index (χ3v) is 1.85. The molecule has 0 fully saturated rings. The number of unbranched alkanes of at least 4 members (excludes halogenated alkanes) is 1. The lowest BCUT2D eigenvalue weighted by molar-refractivity contribution is -0.118. The Kier molecular flexibility index (Phi) is 9.52. The number of hydrogen-bond donors (Lipinski definition) is 1. The molecule has 0 atom stereocenters. The van der Waals surface area contributed by atoms with Crippen LogP contribution in [0.3, 0.4) is 0 Å². The van der Waals surface area contributed by atoms with Gasteiger partial charge in [-0.15, -0.1) is 0 Å². The van der Waals surface area contributed by atoms with Crippen LogP contribution >= 0.6 is 0 Å². The van der Waals surface area contributed by atoms with Crippen LogP contribution in [0.15, 0.2) is 0 Å². The van der Waals surface area contributed by atoms with Crippen molar-refractivity contribution in [3.05, 3.63) is 0 Å². The van der Waals surface area contributed by atoms with E-state index in [-0.39, 0.29) is 5.91 Å². The summed E-state index contributed by atoms with van der Waals surface area (Å²) >= 11 is 0. The molecule has 0 aromatic heterocycles. The smallest absolute Gasteiger partial charge is 0.217 e. The predicted octanol–water partition coefficient (Wildman–Crippen LogP) is 1.47. The first-order chi connectivity index (χ1) is 7.13. The number of carbonyl (C=O) groups excluding carboxylic acids is 1. The molecule has 2 N–H and O–H groups in total. The average molecular weight is 217 g/mol. The van der Waals surface area contributed by atoms with Crippen LogP contribution in [0.25, 0.3) is 0 Å². The van der Waals surface area contributed by atoms with Crippen LogP contribution < -0.4 is 5.73 Å². The molecule has 0 aliphatic rings. The Morgan fingerprint density at radius 2 is 1.73 bits per heavy atom. The molecule has 0 aromatic carbocycles. The zero-order valence-electron chi connectivity index (χ0n) is 9.83. The summed E-state index contributed by atoms with van der Waals surface area (Å²) in [5.41, 5.74) is 4.99. The topological polar surface area (TPSA) is 61.6 Å². The van der Waals surface area contributed by atoms with Crippen molar-refractivity contribution < 1.29 is 14.3 Å². The van der Waals surface area contributed by atoms with Crippen molar-refractivity contribution in [2.24, 2.45) is 5.73 Å². The van der Waals surface area contributed by atoms with Crippen LogP contribution in [0.5, 0.6) is 0 Å². The molecule has 4 heteroatoms. The van der Waals surface area contributed by atoms with E-state index in [0.717, 1.165) is 32.5 Å². The van der Waals surface area contributed by atoms with Gasteiger partial charge in [-0.1, -0.05) is 0 Å². The van der Waals surface area contributed by atoms with Crippen LogP contribution in [-0.2, 0) is 14.3 Å². The van der Waals surface area contributed by atoms with E-state index >= 15 is 0 Å². The molecular weight excluding hydrogens is 194 g/mol. The van der Waals surface area contributed by atoms with Crippen molar-refractivity contribution in [2.75, 3.05) is 19.8 Å². The normalized spacial score (nSPS) is 10.9. The number of carbonyl (C=O) groups is 1. The Hall–Kier alpha value is -0.610. The standard InChI is InChI=1S/C11H23NO3/c1-10(2)15-9-4-3-7-14-8-5-6-11(12)13/h10H,3-9H2,1-2H3,(H2,12,13). The highest BCUT2D eigenvalue weighted by Gasteiger charge is 1.95. The Bertz CT molecular complexity index is 160. The van der Waals surface area contributed by atoms with Gasteiger partial charge in [-0.05, 0) is 33.1 Å². The number of nitrogens with two attached hydrogens (primary N) is 1. The Labute approximate surface area is 92.1 Å². The molecule has 4 nitrogen and oxygen atoms in total. The van der Waals surface area contributed by atoms with E-state index < -0.39 is 0 Å². The molecule has 0 bridgehead atoms. The quantitative estimate of drug-likeness (QED) is 0.564. The Balaban J connectivity index is 2.96. The van der Waals surface area contributed by atoms with Crippen LogP contribution in [0.1, 0.15) is 39.5 Å². The van der Waals surface area contributed by atoms with Gasteiger partial charge in [-0.3, -0.25) is 4.79 Å². The van der Waals surface area contributed by atoms with Crippen LogP contribution in [-0.4, -0.2) is 31.8 Å². The van der Waals surface area contributed by atoms with Crippen LogP contribution in [0, 0.1) is 0 Å². The predicted molar refractivity (Wildman–Crippen MR) is 59.6 cm³/mol. The van der Waals surface area contributed by atoms with Gasteiger partial charge < -0.3 is 15.2 Å². The van der Waals surface area contributed by atoms with Gasteiger partial charge in [0.15, 0.2) is 0 Å². The summed E-state index contributed by atoms with van der Waals surface area (Å²) in [6.45, 7) is 6.21. The van der Waals surface area contributed by atoms with Gasteiger partial charge in [0.2, 0.25) is 5.91 Å². The molecule has 0 saturated carbocycles. The van der Waals surface area contributed by atoms with E-state index in [1.54, 1.807) is 0 Å². The lowest BCUT2D eigenvalue weighted by Gasteiger charge is -2.07. The summed E-state index contributed by atoms with van der Waals surface area (Å²) in [5.74, 6) is -0.260. The third kappa shape index (κ3) is 13.4. The second kappa shape index (κ2) is 9.93. The average Bonchev–Trinajstić information content (AvgIpc) is 2.14. The highest BCUT2D eigenvalue weighted by molar-refractivity contribution is 5.73. The highest BCUT2D eigenvalue weighted by Crippen LogP contribution is 1.96. The van der Waals surface area contributed by atoms with Gasteiger partial charge in [0, 0.05) is 26.2 Å². The fraction of sp³-hybridized carbons (Fsp3) is 0.909. The van der Waals surface area contributed by atoms with E-state index in [9.17, 15) is 4.79 Å². The van der Waals surface area contributed by atoms with Crippen LogP contribution in [0.4, 0.5) is 0 Å². The lowest BCUT2D eigenvalue weighted by Crippen LogP contribution is -2.11. The van der Waals surface area contributed by atoms with E-state index in [0.29, 0.717) is 19.1 Å². The lowest BCUT2D eigenvalue weighted by atomic mass is 10.3. The molecule has 0 radical (unpaired) electrons. The molecule has 0 aliphatic carbocycles. The fourth-order valence-electron chi connectivity index (χ4n) is 1.08. The second-order valence-corrected chi connectivity index (χ2v) is 3.81. The summed E-state index contributed by atoms with van der Waals surface area (Å²) in [6, 6.07) is 0. The van der Waals surface area contributed by atoms with Crippen molar-refractivity contribution in [3.63, 3.8) is 0 Å². The summed E-state index contributed by atoms with van der Waals surface area (Å²) in [7, 11) is 0. The first kappa shape index (κ1) is 14.4. The molecule has 0 aliphatic heterocycles. The number of primary amides is 1. The van der Waals surface area contributed by atoms with Gasteiger partial charge in [0.1, 0.15) is 0 Å². The minimum absolute atomic E-state index is 0.260. The number of hydrogen-bond acceptors (Lipinski definition) is 3. The maximum Gasteiger partial charge on any atom is 0.217 e. The van der Waals surface area contributed by atoms with E-state index in [1.807, 2.05) is 13.8 Å². The second-order valence-electron chi connectivity index (χ2n) is 3.81. The van der Waals surface area contributed by atoms with Gasteiger partial charge in [-0.2, -0.15) is 0 Å². The molecule has 15 heavy (non-hydrogen) atoms. The Morgan fingerprint density at radius 3 is 2.33 bits per heavy atom. The van der Waals surface area contributed by atoms with Crippen molar-refractivity contribution in [2.45, 2.75) is 45.6 Å². The summed E-state index contributed by atoms with van der Waals surface area (Å²) in [4.78, 5) is 10.4. The SMILES string of the molecule is CC(C)OCCCCOCCCC(N)=O. The fourth-order valence-corrected chi connectivity index (χ4v) is 1.08. The minimum Gasteiger partial charge on any atom is -0.381 e. The summed E-state index contributed by atoms with van der Waals surface area (Å²) < 4.78 is 10.7. The number of ether oxygens (including phenoxy) is 2. The van der Waals surface area contributed by atoms with Crippen molar-refractivity contribution in [1.82, 2.24) is 0 Å². The molecular formula is C11H23NO3. The molecule has 0 aromatic rings. The van der Waals surface area contributed by atoms with E-state index in [2.05, 4.69) is 0 Å². The minimum atomic E-state index is -0.260. The zero-order valence-corrected chi connectivity index (χ0v) is 9.83. The molecule has 0 unspecified atom stereocenters. The van der Waals surface area contributed by atoms with Gasteiger partial charge >= 0.3 is 0 Å². The molecule has 0 heterocycles. The monoisotopic (exact) mass is 217 g/mol. The first-order valence-electron chi connectivity index (χ1n) is 5.60. The number of rotatable bonds is 10. The zero-order chi connectivity index (χ0) is 11.5. The maximum absolute atomic E-state index is 10.4. The van der Waals surface area contributed by atoms with Crippen molar-refractivity contribution in [3.8, 4) is 0 Å². The van der Waals surface area contributed by atoms with Crippen LogP contribution in [0.2, 0.25) is 0 Å². The molecule has 1 amide bonds. The number of amides is 1. The molecule has 0 spiro atoms. The van der Waals surface area contributed by atoms with Crippen molar-refractivity contribution >= 4 is 5.91 Å². The Morgan fingerprint density at radius 1 is 1.13 bits per heavy atom. The van der Waals surface area contributed by atoms with Gasteiger partial charge in [0.05, 0.1) is 6.10 Å². The highest BCUT2D eigenvalue weighted by atomic mass is 16.5. The maximum atomic E-state index is 10.4. The van der Waals surface area contributed by atoms with Gasteiger partial charge in [0.25, 0.3) is 0 Å². The first-order valence-corrected chi connectivity index (χ1v) is 5.60. The summed E-state index contributed by atoms with van der Waals surface area (Å²) in [6.07, 6.45) is 3.47. The molecule has 90 valence electrons. The third-order valence-electron chi connectivity index (χ3n) is 1.85. The van der Waals surface area contributed by atoms with Crippen molar-refractivity contribution in [1.29, 1.82) is 0 Å². The largest absolute Gasteiger partial charge is 0.381 e. The molecule has 0 saturated heterocycles. The molecule has 0 rings (SSSR count). The van der Waals surface area contributed by atoms with E-state index in [1.165, 1.54) is 0 Å². The van der Waals surface area contributed by atoms with Gasteiger partial charge in [-0.25, -0.2) is 0 Å². The van der Waals surface area contributed by atoms with E-state index in [4.69, 9.17) is 15.2 Å². The summed E-state index contributed by atoms with van der Waals surface area (Å²) in [5, 5.41) is 0.